The average molecular weight is 652 g/mol. The SMILES string of the molecule is CCCNC(=O)C(Cc1ccccc1)N(Cc1ccc(F)cc1)C(=O)CN(c1cccc(Cl)c1)S(=O)(=O)c1ccc(OC)cc1. The van der Waals surface area contributed by atoms with Crippen molar-refractivity contribution in [3.8, 4) is 5.75 Å². The molecule has 0 aliphatic heterocycles. The zero-order chi connectivity index (χ0) is 32.4. The van der Waals surface area contributed by atoms with Crippen LogP contribution >= 0.6 is 11.6 Å². The van der Waals surface area contributed by atoms with E-state index in [0.29, 0.717) is 24.3 Å². The average Bonchev–Trinajstić information content (AvgIpc) is 3.05. The molecule has 2 amide bonds. The number of hydrogen-bond donors (Lipinski definition) is 1. The van der Waals surface area contributed by atoms with Crippen LogP contribution in [0.25, 0.3) is 0 Å². The van der Waals surface area contributed by atoms with Gasteiger partial charge in [-0.1, -0.05) is 67.1 Å². The van der Waals surface area contributed by atoms with Crippen LogP contribution in [0.2, 0.25) is 5.02 Å². The Hall–Kier alpha value is -4.41. The fourth-order valence-electron chi connectivity index (χ4n) is 4.74. The van der Waals surface area contributed by atoms with Gasteiger partial charge in [0.25, 0.3) is 10.0 Å². The van der Waals surface area contributed by atoms with E-state index in [9.17, 15) is 22.4 Å². The van der Waals surface area contributed by atoms with Gasteiger partial charge in [0.1, 0.15) is 24.2 Å². The summed E-state index contributed by atoms with van der Waals surface area (Å²) in [6, 6.07) is 25.8. The predicted octanol–water partition coefficient (Wildman–Crippen LogP) is 5.85. The maximum atomic E-state index is 14.4. The number of sulfonamides is 1. The van der Waals surface area contributed by atoms with E-state index in [2.05, 4.69) is 5.32 Å². The van der Waals surface area contributed by atoms with Crippen LogP contribution in [0.3, 0.4) is 0 Å². The Morgan fingerprint density at radius 3 is 2.22 bits per heavy atom. The number of nitrogens with zero attached hydrogens (tertiary/aromatic N) is 2. The predicted molar refractivity (Wildman–Crippen MR) is 173 cm³/mol. The van der Waals surface area contributed by atoms with Gasteiger partial charge >= 0.3 is 0 Å². The molecule has 0 bridgehead atoms. The number of rotatable bonds is 14. The van der Waals surface area contributed by atoms with Crippen molar-refractivity contribution in [3.05, 3.63) is 125 Å². The van der Waals surface area contributed by atoms with E-state index in [0.717, 1.165) is 9.87 Å². The lowest BCUT2D eigenvalue weighted by Gasteiger charge is -2.34. The summed E-state index contributed by atoms with van der Waals surface area (Å²) >= 11 is 6.26. The quantitative estimate of drug-likeness (QED) is 0.185. The van der Waals surface area contributed by atoms with Crippen LogP contribution in [0, 0.1) is 5.82 Å². The van der Waals surface area contributed by atoms with E-state index in [1.54, 1.807) is 18.2 Å². The molecular formula is C34H35ClFN3O5S. The van der Waals surface area contributed by atoms with Gasteiger partial charge in [0, 0.05) is 24.5 Å². The normalized spacial score (nSPS) is 11.8. The summed E-state index contributed by atoms with van der Waals surface area (Å²) in [5.41, 5.74) is 1.55. The molecule has 8 nitrogen and oxygen atoms in total. The van der Waals surface area contributed by atoms with Crippen molar-refractivity contribution >= 4 is 39.1 Å². The van der Waals surface area contributed by atoms with E-state index < -0.39 is 34.3 Å². The highest BCUT2D eigenvalue weighted by Gasteiger charge is 2.34. The number of ether oxygens (including phenoxy) is 1. The van der Waals surface area contributed by atoms with Gasteiger partial charge in [-0.3, -0.25) is 13.9 Å². The van der Waals surface area contributed by atoms with Crippen LogP contribution < -0.4 is 14.4 Å². The van der Waals surface area contributed by atoms with Crippen LogP contribution in [0.5, 0.6) is 5.75 Å². The van der Waals surface area contributed by atoms with Crippen LogP contribution in [0.4, 0.5) is 10.1 Å². The Balaban J connectivity index is 1.79. The Morgan fingerprint density at radius 1 is 0.911 bits per heavy atom. The third kappa shape index (κ3) is 8.83. The summed E-state index contributed by atoms with van der Waals surface area (Å²) in [6.07, 6.45) is 0.851. The highest BCUT2D eigenvalue weighted by Crippen LogP contribution is 2.28. The first-order chi connectivity index (χ1) is 21.6. The maximum Gasteiger partial charge on any atom is 0.264 e. The minimum atomic E-state index is -4.30. The third-order valence-electron chi connectivity index (χ3n) is 7.11. The number of halogens is 2. The van der Waals surface area contributed by atoms with E-state index in [4.69, 9.17) is 16.3 Å². The molecule has 1 atom stereocenters. The summed E-state index contributed by atoms with van der Waals surface area (Å²) in [5.74, 6) is -1.00. The van der Waals surface area contributed by atoms with E-state index in [-0.39, 0.29) is 34.5 Å². The van der Waals surface area contributed by atoms with Gasteiger partial charge in [-0.2, -0.15) is 0 Å². The molecule has 4 aromatic rings. The minimum Gasteiger partial charge on any atom is -0.497 e. The first-order valence-corrected chi connectivity index (χ1v) is 16.2. The Labute approximate surface area is 268 Å². The van der Waals surface area contributed by atoms with Crippen LogP contribution in [0.15, 0.2) is 108 Å². The van der Waals surface area contributed by atoms with Gasteiger partial charge in [-0.15, -0.1) is 0 Å². The Morgan fingerprint density at radius 2 is 1.60 bits per heavy atom. The number of benzene rings is 4. The molecule has 0 saturated carbocycles. The molecule has 0 aliphatic carbocycles. The number of methoxy groups -OCH3 is 1. The molecule has 11 heteroatoms. The minimum absolute atomic E-state index is 0.0670. The van der Waals surface area contributed by atoms with Crippen molar-refractivity contribution in [1.29, 1.82) is 0 Å². The number of amides is 2. The van der Waals surface area contributed by atoms with Gasteiger partial charge in [-0.05, 0) is 72.1 Å². The largest absolute Gasteiger partial charge is 0.497 e. The molecule has 0 aromatic heterocycles. The molecule has 0 aliphatic rings. The molecule has 45 heavy (non-hydrogen) atoms. The highest BCUT2D eigenvalue weighted by atomic mass is 35.5. The van der Waals surface area contributed by atoms with Gasteiger partial charge in [0.2, 0.25) is 11.8 Å². The van der Waals surface area contributed by atoms with E-state index in [1.807, 2.05) is 37.3 Å². The van der Waals surface area contributed by atoms with Gasteiger partial charge in [0.05, 0.1) is 17.7 Å². The van der Waals surface area contributed by atoms with Crippen LogP contribution in [-0.4, -0.2) is 51.4 Å². The molecule has 0 spiro atoms. The molecule has 0 heterocycles. The first kappa shape index (κ1) is 33.5. The number of carbonyl (C=O) groups excluding carboxylic acids is 2. The first-order valence-electron chi connectivity index (χ1n) is 14.4. The summed E-state index contributed by atoms with van der Waals surface area (Å²) < 4.78 is 48.1. The Kier molecular flexibility index (Phi) is 11.6. The molecule has 4 rings (SSSR count). The summed E-state index contributed by atoms with van der Waals surface area (Å²) in [4.78, 5) is 29.3. The number of hydrogen-bond acceptors (Lipinski definition) is 5. The second kappa shape index (κ2) is 15.5. The second-order valence-corrected chi connectivity index (χ2v) is 12.6. The molecule has 236 valence electrons. The van der Waals surface area contributed by atoms with Crippen LogP contribution in [-0.2, 0) is 32.6 Å². The zero-order valence-electron chi connectivity index (χ0n) is 25.0. The fourth-order valence-corrected chi connectivity index (χ4v) is 6.33. The molecule has 1 N–H and O–H groups in total. The smallest absolute Gasteiger partial charge is 0.264 e. The highest BCUT2D eigenvalue weighted by molar-refractivity contribution is 7.92. The van der Waals surface area contributed by atoms with Crippen molar-refractivity contribution in [1.82, 2.24) is 10.2 Å². The maximum absolute atomic E-state index is 14.4. The van der Waals surface area contributed by atoms with E-state index >= 15 is 0 Å². The summed E-state index contributed by atoms with van der Waals surface area (Å²) in [5, 5.41) is 3.17. The van der Waals surface area contributed by atoms with Gasteiger partial charge < -0.3 is 15.0 Å². The topological polar surface area (TPSA) is 96.0 Å². The van der Waals surface area contributed by atoms with Crippen molar-refractivity contribution in [3.63, 3.8) is 0 Å². The van der Waals surface area contributed by atoms with Crippen molar-refractivity contribution in [2.45, 2.75) is 37.2 Å². The third-order valence-corrected chi connectivity index (χ3v) is 9.13. The van der Waals surface area contributed by atoms with Crippen LogP contribution in [0.1, 0.15) is 24.5 Å². The number of carbonyl (C=O) groups is 2. The van der Waals surface area contributed by atoms with Crippen molar-refractivity contribution < 1.29 is 27.1 Å². The molecule has 0 saturated heterocycles. The lowest BCUT2D eigenvalue weighted by molar-refractivity contribution is -0.140. The second-order valence-electron chi connectivity index (χ2n) is 10.3. The number of nitrogens with one attached hydrogen (secondary N) is 1. The lowest BCUT2D eigenvalue weighted by Crippen LogP contribution is -2.53. The molecule has 4 aromatic carbocycles. The summed E-state index contributed by atoms with van der Waals surface area (Å²) in [7, 11) is -2.83. The van der Waals surface area contributed by atoms with E-state index in [1.165, 1.54) is 66.6 Å². The summed E-state index contributed by atoms with van der Waals surface area (Å²) in [6.45, 7) is 1.61. The van der Waals surface area contributed by atoms with Gasteiger partial charge in [0.15, 0.2) is 0 Å². The van der Waals surface area contributed by atoms with Crippen molar-refractivity contribution in [2.75, 3.05) is 24.5 Å². The molecular weight excluding hydrogens is 617 g/mol. The molecule has 0 fully saturated rings. The number of anilines is 1. The Bertz CT molecular complexity index is 1690. The zero-order valence-corrected chi connectivity index (χ0v) is 26.6. The molecule has 0 radical (unpaired) electrons. The van der Waals surface area contributed by atoms with Crippen molar-refractivity contribution in [2.24, 2.45) is 0 Å². The monoisotopic (exact) mass is 651 g/mol. The van der Waals surface area contributed by atoms with Gasteiger partial charge in [-0.25, -0.2) is 12.8 Å². The standard InChI is InChI=1S/C34H35ClFN3O5S/c1-3-20-37-34(41)32(21-25-8-5-4-6-9-25)38(23-26-12-14-28(36)15-13-26)33(40)24-39(29-11-7-10-27(35)22-29)45(42,43)31-18-16-30(44-2)17-19-31/h4-19,22,32H,3,20-21,23-24H2,1-2H3,(H,37,41). The lowest BCUT2D eigenvalue weighted by atomic mass is 10.0. The fraction of sp³-hybridized carbons (Fsp3) is 0.235. The molecule has 1 unspecified atom stereocenters.